The number of hydrogen-bond donors (Lipinski definition) is 1. The van der Waals surface area contributed by atoms with Crippen LogP contribution in [0.3, 0.4) is 0 Å². The number of amides is 2. The summed E-state index contributed by atoms with van der Waals surface area (Å²) < 4.78 is 0. The Kier molecular flexibility index (Phi) is 5.69. The molecule has 4 rings (SSSR count). The summed E-state index contributed by atoms with van der Waals surface area (Å²) in [4.78, 5) is 42.3. The quantitative estimate of drug-likeness (QED) is 0.763. The predicted octanol–water partition coefficient (Wildman–Crippen LogP) is 3.27. The standard InChI is InChI=1S/C22H22N2O4S/c25-20-14-18(23-12-10-15(11-13-23)22(27)28)21(26)24(20)17-8-4-5-9-19(17)29-16-6-2-1-3-7-16/h1-9,15,18H,10-14H2,(H,27,28)/t18-/m1/s1. The van der Waals surface area contributed by atoms with Crippen LogP contribution in [-0.2, 0) is 14.4 Å². The van der Waals surface area contributed by atoms with Crippen LogP contribution in [0.2, 0.25) is 0 Å². The Bertz CT molecular complexity index is 925. The summed E-state index contributed by atoms with van der Waals surface area (Å²) in [5, 5.41) is 9.18. The van der Waals surface area contributed by atoms with Gasteiger partial charge < -0.3 is 5.11 Å². The molecule has 0 aromatic heterocycles. The minimum atomic E-state index is -0.785. The van der Waals surface area contributed by atoms with E-state index in [9.17, 15) is 19.5 Å². The van der Waals surface area contributed by atoms with E-state index >= 15 is 0 Å². The van der Waals surface area contributed by atoms with Crippen molar-refractivity contribution in [1.29, 1.82) is 0 Å². The SMILES string of the molecule is O=C(O)C1CCN([C@@H]2CC(=O)N(c3ccccc3Sc3ccccc3)C2=O)CC1. The Hall–Kier alpha value is -2.64. The third-order valence-corrected chi connectivity index (χ3v) is 6.59. The average molecular weight is 410 g/mol. The lowest BCUT2D eigenvalue weighted by Crippen LogP contribution is -2.46. The van der Waals surface area contributed by atoms with Gasteiger partial charge in [-0.25, -0.2) is 4.90 Å². The number of imide groups is 1. The third kappa shape index (κ3) is 4.06. The second-order valence-electron chi connectivity index (χ2n) is 7.32. The second-order valence-corrected chi connectivity index (χ2v) is 8.43. The molecule has 2 aromatic carbocycles. The van der Waals surface area contributed by atoms with Crippen LogP contribution in [0.4, 0.5) is 5.69 Å². The van der Waals surface area contributed by atoms with Gasteiger partial charge in [0.1, 0.15) is 0 Å². The van der Waals surface area contributed by atoms with E-state index in [0.717, 1.165) is 9.79 Å². The van der Waals surface area contributed by atoms with Crippen molar-refractivity contribution in [3.63, 3.8) is 0 Å². The van der Waals surface area contributed by atoms with Gasteiger partial charge in [0.05, 0.1) is 24.1 Å². The molecule has 150 valence electrons. The third-order valence-electron chi connectivity index (χ3n) is 5.52. The minimum absolute atomic E-state index is 0.140. The number of aliphatic carboxylic acids is 1. The van der Waals surface area contributed by atoms with Crippen molar-refractivity contribution in [3.8, 4) is 0 Å². The lowest BCUT2D eigenvalue weighted by Gasteiger charge is -2.33. The number of carboxylic acid groups (broad SMARTS) is 1. The van der Waals surface area contributed by atoms with E-state index in [1.807, 2.05) is 53.4 Å². The maximum atomic E-state index is 13.2. The fourth-order valence-corrected chi connectivity index (χ4v) is 4.91. The summed E-state index contributed by atoms with van der Waals surface area (Å²) >= 11 is 1.52. The van der Waals surface area contributed by atoms with Crippen LogP contribution in [0.25, 0.3) is 0 Å². The van der Waals surface area contributed by atoms with E-state index in [1.54, 1.807) is 6.07 Å². The highest BCUT2D eigenvalue weighted by Crippen LogP contribution is 2.38. The number of likely N-dealkylation sites (tertiary alicyclic amines) is 1. The van der Waals surface area contributed by atoms with Crippen molar-refractivity contribution >= 4 is 35.2 Å². The summed E-state index contributed by atoms with van der Waals surface area (Å²) in [5.74, 6) is -1.57. The lowest BCUT2D eigenvalue weighted by atomic mass is 9.96. The van der Waals surface area contributed by atoms with Crippen LogP contribution in [0.5, 0.6) is 0 Å². The number of nitrogens with zero attached hydrogens (tertiary/aromatic N) is 2. The van der Waals surface area contributed by atoms with Crippen LogP contribution in [0.1, 0.15) is 19.3 Å². The van der Waals surface area contributed by atoms with E-state index in [1.165, 1.54) is 16.7 Å². The molecule has 2 saturated heterocycles. The molecule has 2 amide bonds. The van der Waals surface area contributed by atoms with Crippen molar-refractivity contribution < 1.29 is 19.5 Å². The zero-order valence-corrected chi connectivity index (χ0v) is 16.7. The molecular weight excluding hydrogens is 388 g/mol. The lowest BCUT2D eigenvalue weighted by molar-refractivity contribution is -0.143. The van der Waals surface area contributed by atoms with Crippen LogP contribution in [0, 0.1) is 5.92 Å². The maximum Gasteiger partial charge on any atom is 0.306 e. The van der Waals surface area contributed by atoms with Gasteiger partial charge in [-0.15, -0.1) is 0 Å². The van der Waals surface area contributed by atoms with E-state index < -0.39 is 12.0 Å². The van der Waals surface area contributed by atoms with Gasteiger partial charge in [-0.3, -0.25) is 19.3 Å². The molecule has 2 heterocycles. The smallest absolute Gasteiger partial charge is 0.306 e. The van der Waals surface area contributed by atoms with Gasteiger partial charge in [-0.05, 0) is 50.2 Å². The Morgan fingerprint density at radius 1 is 0.966 bits per heavy atom. The molecule has 0 bridgehead atoms. The molecule has 7 heteroatoms. The molecule has 2 aliphatic rings. The first-order valence-electron chi connectivity index (χ1n) is 9.70. The first kappa shape index (κ1) is 19.7. The molecule has 2 fully saturated rings. The zero-order chi connectivity index (χ0) is 20.4. The zero-order valence-electron chi connectivity index (χ0n) is 15.9. The maximum absolute atomic E-state index is 13.2. The highest BCUT2D eigenvalue weighted by molar-refractivity contribution is 7.99. The van der Waals surface area contributed by atoms with Crippen LogP contribution >= 0.6 is 11.8 Å². The minimum Gasteiger partial charge on any atom is -0.481 e. The van der Waals surface area contributed by atoms with E-state index in [4.69, 9.17) is 0 Å². The molecule has 0 saturated carbocycles. The number of carbonyl (C=O) groups excluding carboxylic acids is 2. The molecule has 2 aliphatic heterocycles. The van der Waals surface area contributed by atoms with Gasteiger partial charge in [-0.1, -0.05) is 42.1 Å². The predicted molar refractivity (Wildman–Crippen MR) is 110 cm³/mol. The number of piperidine rings is 1. The first-order chi connectivity index (χ1) is 14.0. The van der Waals surface area contributed by atoms with Crippen LogP contribution in [0.15, 0.2) is 64.4 Å². The molecular formula is C22H22N2O4S. The summed E-state index contributed by atoms with van der Waals surface area (Å²) in [6, 6.07) is 16.8. The number of rotatable bonds is 5. The molecule has 0 radical (unpaired) electrons. The number of hydrogen-bond acceptors (Lipinski definition) is 5. The topological polar surface area (TPSA) is 77.9 Å². The summed E-state index contributed by atoms with van der Waals surface area (Å²) in [6.07, 6.45) is 1.16. The van der Waals surface area contributed by atoms with E-state index in [-0.39, 0.29) is 24.2 Å². The number of carbonyl (C=O) groups is 3. The van der Waals surface area contributed by atoms with Crippen molar-refractivity contribution in [1.82, 2.24) is 4.90 Å². The normalized spacial score (nSPS) is 21.0. The Morgan fingerprint density at radius 3 is 2.31 bits per heavy atom. The van der Waals surface area contributed by atoms with Crippen molar-refractivity contribution in [2.45, 2.75) is 35.1 Å². The van der Waals surface area contributed by atoms with E-state index in [2.05, 4.69) is 0 Å². The number of para-hydroxylation sites is 1. The monoisotopic (exact) mass is 410 g/mol. The summed E-state index contributed by atoms with van der Waals surface area (Å²) in [5.41, 5.74) is 0.610. The molecule has 1 atom stereocenters. The summed E-state index contributed by atoms with van der Waals surface area (Å²) in [7, 11) is 0. The molecule has 0 spiro atoms. The molecule has 1 N–H and O–H groups in total. The molecule has 2 aromatic rings. The second kappa shape index (κ2) is 8.39. The highest BCUT2D eigenvalue weighted by atomic mass is 32.2. The molecule has 0 aliphatic carbocycles. The molecule has 6 nitrogen and oxygen atoms in total. The summed E-state index contributed by atoms with van der Waals surface area (Å²) in [6.45, 7) is 1.05. The molecule has 29 heavy (non-hydrogen) atoms. The van der Waals surface area contributed by atoms with Gasteiger partial charge in [0.15, 0.2) is 0 Å². The van der Waals surface area contributed by atoms with Gasteiger partial charge >= 0.3 is 5.97 Å². The van der Waals surface area contributed by atoms with Gasteiger partial charge in [0.25, 0.3) is 5.91 Å². The van der Waals surface area contributed by atoms with Gasteiger partial charge in [0.2, 0.25) is 5.91 Å². The fraction of sp³-hybridized carbons (Fsp3) is 0.318. The van der Waals surface area contributed by atoms with Crippen LogP contribution < -0.4 is 4.90 Å². The fourth-order valence-electron chi connectivity index (χ4n) is 3.96. The van der Waals surface area contributed by atoms with Crippen molar-refractivity contribution in [2.75, 3.05) is 18.0 Å². The average Bonchev–Trinajstić information content (AvgIpc) is 3.03. The number of benzene rings is 2. The van der Waals surface area contributed by atoms with Gasteiger partial charge in [-0.2, -0.15) is 0 Å². The molecule has 0 unspecified atom stereocenters. The van der Waals surface area contributed by atoms with E-state index in [0.29, 0.717) is 31.6 Å². The highest BCUT2D eigenvalue weighted by Gasteiger charge is 2.44. The van der Waals surface area contributed by atoms with Crippen molar-refractivity contribution in [3.05, 3.63) is 54.6 Å². The van der Waals surface area contributed by atoms with Crippen LogP contribution in [-0.4, -0.2) is 46.9 Å². The number of carboxylic acids is 1. The van der Waals surface area contributed by atoms with Gasteiger partial charge in [0, 0.05) is 9.79 Å². The largest absolute Gasteiger partial charge is 0.481 e. The Labute approximate surface area is 173 Å². The first-order valence-corrected chi connectivity index (χ1v) is 10.5. The number of anilines is 1. The van der Waals surface area contributed by atoms with Crippen molar-refractivity contribution in [2.24, 2.45) is 5.92 Å². The Balaban J connectivity index is 1.53. The Morgan fingerprint density at radius 2 is 1.62 bits per heavy atom.